The largest absolute Gasteiger partial charge is 0.461 e. The molecule has 84 valence electrons. The lowest BCUT2D eigenvalue weighted by molar-refractivity contribution is 0.0520. The van der Waals surface area contributed by atoms with Crippen LogP contribution >= 0.6 is 15.9 Å². The molecule has 16 heavy (non-hydrogen) atoms. The molecular weight excluding hydrogens is 274 g/mol. The Balaban J connectivity index is 2.51. The van der Waals surface area contributed by atoms with Crippen molar-refractivity contribution in [3.63, 3.8) is 0 Å². The van der Waals surface area contributed by atoms with Crippen molar-refractivity contribution in [3.8, 4) is 0 Å². The van der Waals surface area contributed by atoms with E-state index < -0.39 is 5.97 Å². The second-order valence-electron chi connectivity index (χ2n) is 3.23. The van der Waals surface area contributed by atoms with Crippen molar-refractivity contribution in [2.24, 2.45) is 0 Å². The van der Waals surface area contributed by atoms with Gasteiger partial charge < -0.3 is 9.14 Å². The van der Waals surface area contributed by atoms with Crippen LogP contribution in [0.3, 0.4) is 0 Å². The summed E-state index contributed by atoms with van der Waals surface area (Å²) in [6.45, 7) is 3.94. The lowest BCUT2D eigenvalue weighted by Crippen LogP contribution is -2.04. The van der Waals surface area contributed by atoms with Crippen LogP contribution in [0.25, 0.3) is 5.65 Å². The van der Waals surface area contributed by atoms with Crippen LogP contribution in [0.2, 0.25) is 0 Å². The molecule has 2 heterocycles. The number of fused-ring (bicyclic) bond motifs is 1. The Morgan fingerprint density at radius 1 is 1.50 bits per heavy atom. The van der Waals surface area contributed by atoms with Gasteiger partial charge in [0.2, 0.25) is 0 Å². The van der Waals surface area contributed by atoms with E-state index in [-0.39, 0.29) is 0 Å². The highest BCUT2D eigenvalue weighted by atomic mass is 79.9. The molecule has 0 unspecified atom stereocenters. The SMILES string of the molecule is CCOC(=O)c1cn2cc(Br)nc(C)c2n1. The third-order valence-electron chi connectivity index (χ3n) is 2.06. The summed E-state index contributed by atoms with van der Waals surface area (Å²) in [5.41, 5.74) is 1.71. The number of imidazole rings is 1. The van der Waals surface area contributed by atoms with Crippen LogP contribution in [-0.2, 0) is 4.74 Å². The minimum Gasteiger partial charge on any atom is -0.461 e. The lowest BCUT2D eigenvalue weighted by atomic mass is 10.5. The molecule has 0 spiro atoms. The highest BCUT2D eigenvalue weighted by molar-refractivity contribution is 9.10. The molecule has 0 aliphatic carbocycles. The molecule has 0 aromatic carbocycles. The van der Waals surface area contributed by atoms with Crippen molar-refractivity contribution in [3.05, 3.63) is 28.4 Å². The molecule has 6 heteroatoms. The summed E-state index contributed by atoms with van der Waals surface area (Å²) >= 11 is 3.28. The Hall–Kier alpha value is -1.43. The summed E-state index contributed by atoms with van der Waals surface area (Å²) in [5.74, 6) is -0.415. The molecule has 0 saturated heterocycles. The van der Waals surface area contributed by atoms with Crippen molar-refractivity contribution in [2.45, 2.75) is 13.8 Å². The third-order valence-corrected chi connectivity index (χ3v) is 2.44. The summed E-state index contributed by atoms with van der Waals surface area (Å²) in [6.07, 6.45) is 3.38. The molecule has 0 radical (unpaired) electrons. The van der Waals surface area contributed by atoms with E-state index in [1.54, 1.807) is 23.7 Å². The van der Waals surface area contributed by atoms with Gasteiger partial charge in [0.25, 0.3) is 0 Å². The van der Waals surface area contributed by atoms with Crippen LogP contribution in [0.4, 0.5) is 0 Å². The van der Waals surface area contributed by atoms with E-state index >= 15 is 0 Å². The Morgan fingerprint density at radius 3 is 2.94 bits per heavy atom. The van der Waals surface area contributed by atoms with E-state index in [4.69, 9.17) is 4.74 Å². The summed E-state index contributed by atoms with van der Waals surface area (Å²) in [6, 6.07) is 0. The predicted molar refractivity (Wildman–Crippen MR) is 61.4 cm³/mol. The maximum absolute atomic E-state index is 11.5. The van der Waals surface area contributed by atoms with E-state index in [1.807, 2.05) is 6.92 Å². The molecule has 0 saturated carbocycles. The molecule has 2 aromatic heterocycles. The van der Waals surface area contributed by atoms with Gasteiger partial charge in [0.1, 0.15) is 4.60 Å². The maximum atomic E-state index is 11.5. The smallest absolute Gasteiger partial charge is 0.358 e. The summed E-state index contributed by atoms with van der Waals surface area (Å²) in [5, 5.41) is 0. The molecule has 0 aliphatic heterocycles. The molecule has 0 aliphatic rings. The van der Waals surface area contributed by atoms with Crippen LogP contribution in [0, 0.1) is 6.92 Å². The van der Waals surface area contributed by atoms with Gasteiger partial charge in [0.05, 0.1) is 12.3 Å². The van der Waals surface area contributed by atoms with E-state index in [1.165, 1.54) is 0 Å². The summed E-state index contributed by atoms with van der Waals surface area (Å²) in [4.78, 5) is 19.9. The molecule has 2 rings (SSSR count). The molecule has 5 nitrogen and oxygen atoms in total. The molecular formula is C10H10BrN3O2. The van der Waals surface area contributed by atoms with Crippen molar-refractivity contribution in [1.82, 2.24) is 14.4 Å². The quantitative estimate of drug-likeness (QED) is 0.791. The minimum absolute atomic E-state index is 0.296. The first-order valence-electron chi connectivity index (χ1n) is 4.80. The van der Waals surface area contributed by atoms with Gasteiger partial charge in [-0.3, -0.25) is 0 Å². The van der Waals surface area contributed by atoms with Gasteiger partial charge in [-0.15, -0.1) is 0 Å². The van der Waals surface area contributed by atoms with Crippen molar-refractivity contribution < 1.29 is 9.53 Å². The standard InChI is InChI=1S/C10H10BrN3O2/c1-3-16-10(15)7-4-14-5-8(11)12-6(2)9(14)13-7/h4-5H,3H2,1-2H3. The van der Waals surface area contributed by atoms with Crippen molar-refractivity contribution in [2.75, 3.05) is 6.61 Å². The number of carbonyl (C=O) groups excluding carboxylic acids is 1. The van der Waals surface area contributed by atoms with Gasteiger partial charge in [-0.1, -0.05) is 0 Å². The number of aromatic nitrogens is 3. The van der Waals surface area contributed by atoms with E-state index in [0.29, 0.717) is 22.6 Å². The Labute approximate surface area is 101 Å². The highest BCUT2D eigenvalue weighted by Crippen LogP contribution is 2.13. The molecule has 2 aromatic rings. The number of hydrogen-bond acceptors (Lipinski definition) is 4. The number of rotatable bonds is 2. The van der Waals surface area contributed by atoms with Gasteiger partial charge >= 0.3 is 5.97 Å². The normalized spacial score (nSPS) is 10.7. The fraction of sp³-hybridized carbons (Fsp3) is 0.300. The topological polar surface area (TPSA) is 56.5 Å². The number of esters is 1. The highest BCUT2D eigenvalue weighted by Gasteiger charge is 2.13. The molecule has 0 fully saturated rings. The zero-order valence-electron chi connectivity index (χ0n) is 8.90. The van der Waals surface area contributed by atoms with Gasteiger partial charge in [-0.05, 0) is 29.8 Å². The van der Waals surface area contributed by atoms with Crippen LogP contribution in [0.15, 0.2) is 17.0 Å². The fourth-order valence-electron chi connectivity index (χ4n) is 1.42. The number of ether oxygens (including phenoxy) is 1. The second kappa shape index (κ2) is 4.21. The minimum atomic E-state index is -0.415. The number of nitrogens with zero attached hydrogens (tertiary/aromatic N) is 3. The number of carbonyl (C=O) groups is 1. The molecule has 0 amide bonds. The summed E-state index contributed by atoms with van der Waals surface area (Å²) in [7, 11) is 0. The van der Waals surface area contributed by atoms with Crippen LogP contribution in [0.5, 0.6) is 0 Å². The van der Waals surface area contributed by atoms with E-state index in [0.717, 1.165) is 5.69 Å². The van der Waals surface area contributed by atoms with E-state index in [9.17, 15) is 4.79 Å². The monoisotopic (exact) mass is 283 g/mol. The Bertz CT molecular complexity index is 550. The van der Waals surface area contributed by atoms with Crippen molar-refractivity contribution in [1.29, 1.82) is 0 Å². The van der Waals surface area contributed by atoms with E-state index in [2.05, 4.69) is 25.9 Å². The average molecular weight is 284 g/mol. The van der Waals surface area contributed by atoms with Gasteiger partial charge in [-0.25, -0.2) is 14.8 Å². The zero-order chi connectivity index (χ0) is 11.7. The fourth-order valence-corrected chi connectivity index (χ4v) is 1.90. The van der Waals surface area contributed by atoms with Crippen LogP contribution < -0.4 is 0 Å². The number of halogens is 1. The molecule has 0 N–H and O–H groups in total. The van der Waals surface area contributed by atoms with Gasteiger partial charge in [-0.2, -0.15) is 0 Å². The molecule has 0 bridgehead atoms. The first kappa shape index (κ1) is 11.1. The maximum Gasteiger partial charge on any atom is 0.358 e. The third kappa shape index (κ3) is 1.92. The first-order chi connectivity index (χ1) is 7.61. The van der Waals surface area contributed by atoms with Gasteiger partial charge in [0.15, 0.2) is 11.3 Å². The van der Waals surface area contributed by atoms with Gasteiger partial charge in [0, 0.05) is 12.4 Å². The summed E-state index contributed by atoms with van der Waals surface area (Å²) < 4.78 is 7.33. The second-order valence-corrected chi connectivity index (χ2v) is 4.04. The average Bonchev–Trinajstić information content (AvgIpc) is 2.62. The molecule has 0 atom stereocenters. The number of hydrogen-bond donors (Lipinski definition) is 0. The Kier molecular flexibility index (Phi) is 2.91. The lowest BCUT2D eigenvalue weighted by Gasteiger charge is -1.96. The van der Waals surface area contributed by atoms with Crippen molar-refractivity contribution >= 4 is 27.5 Å². The first-order valence-corrected chi connectivity index (χ1v) is 5.60. The predicted octanol–water partition coefficient (Wildman–Crippen LogP) is 1.98. The zero-order valence-corrected chi connectivity index (χ0v) is 10.5. The number of aryl methyl sites for hydroxylation is 1. The van der Waals surface area contributed by atoms with Crippen LogP contribution in [0.1, 0.15) is 23.1 Å². The Morgan fingerprint density at radius 2 is 2.25 bits per heavy atom. The van der Waals surface area contributed by atoms with Crippen LogP contribution in [-0.4, -0.2) is 26.9 Å².